The van der Waals surface area contributed by atoms with Crippen molar-refractivity contribution in [1.82, 2.24) is 0 Å². The second-order valence-electron chi connectivity index (χ2n) is 3.33. The summed E-state index contributed by atoms with van der Waals surface area (Å²) >= 11 is 0. The van der Waals surface area contributed by atoms with Crippen LogP contribution in [0.4, 0.5) is 0 Å². The Morgan fingerprint density at radius 1 is 1.18 bits per heavy atom. The summed E-state index contributed by atoms with van der Waals surface area (Å²) < 4.78 is 5.35. The SMILES string of the molecule is O=C(O)c1ccc(-c2ccc(/C=N/O)o2)cc1. The molecular weight excluding hydrogens is 222 g/mol. The fraction of sp³-hybridized carbons (Fsp3) is 0. The van der Waals surface area contributed by atoms with Crippen LogP contribution in [0.5, 0.6) is 0 Å². The van der Waals surface area contributed by atoms with Gasteiger partial charge in [0.25, 0.3) is 0 Å². The topological polar surface area (TPSA) is 83.0 Å². The number of carboxylic acid groups (broad SMARTS) is 1. The van der Waals surface area contributed by atoms with Crippen molar-refractivity contribution in [2.24, 2.45) is 5.16 Å². The molecule has 2 N–H and O–H groups in total. The lowest BCUT2D eigenvalue weighted by Gasteiger charge is -1.97. The van der Waals surface area contributed by atoms with Gasteiger partial charge in [-0.25, -0.2) is 4.79 Å². The Morgan fingerprint density at radius 2 is 1.88 bits per heavy atom. The summed E-state index contributed by atoms with van der Waals surface area (Å²) in [6.45, 7) is 0. The fourth-order valence-corrected chi connectivity index (χ4v) is 1.41. The second kappa shape index (κ2) is 4.52. The van der Waals surface area contributed by atoms with E-state index in [1.165, 1.54) is 18.3 Å². The number of oxime groups is 1. The largest absolute Gasteiger partial charge is 0.478 e. The Bertz CT molecular complexity index is 554. The minimum atomic E-state index is -0.968. The predicted molar refractivity (Wildman–Crippen MR) is 60.5 cm³/mol. The molecule has 0 unspecified atom stereocenters. The van der Waals surface area contributed by atoms with Gasteiger partial charge in [-0.15, -0.1) is 0 Å². The van der Waals surface area contributed by atoms with Crippen LogP contribution in [0.3, 0.4) is 0 Å². The molecule has 0 bridgehead atoms. The van der Waals surface area contributed by atoms with E-state index in [4.69, 9.17) is 14.7 Å². The monoisotopic (exact) mass is 231 g/mol. The Morgan fingerprint density at radius 3 is 2.47 bits per heavy atom. The van der Waals surface area contributed by atoms with Gasteiger partial charge in [0.1, 0.15) is 17.7 Å². The van der Waals surface area contributed by atoms with Gasteiger partial charge in [-0.1, -0.05) is 17.3 Å². The highest BCUT2D eigenvalue weighted by Crippen LogP contribution is 2.21. The molecule has 0 radical (unpaired) electrons. The molecule has 0 amide bonds. The van der Waals surface area contributed by atoms with Crippen molar-refractivity contribution in [3.05, 3.63) is 47.7 Å². The van der Waals surface area contributed by atoms with E-state index >= 15 is 0 Å². The summed E-state index contributed by atoms with van der Waals surface area (Å²) in [5.41, 5.74) is 0.977. The zero-order valence-electron chi connectivity index (χ0n) is 8.70. The van der Waals surface area contributed by atoms with Gasteiger partial charge < -0.3 is 14.7 Å². The first kappa shape index (κ1) is 10.9. The number of carboxylic acids is 1. The van der Waals surface area contributed by atoms with Crippen molar-refractivity contribution in [1.29, 1.82) is 0 Å². The summed E-state index contributed by atoms with van der Waals surface area (Å²) in [5, 5.41) is 19.9. The normalized spacial score (nSPS) is 10.8. The van der Waals surface area contributed by atoms with Gasteiger partial charge in [0, 0.05) is 5.56 Å². The van der Waals surface area contributed by atoms with Crippen LogP contribution in [0.1, 0.15) is 16.1 Å². The Kier molecular flexibility index (Phi) is 2.91. The smallest absolute Gasteiger partial charge is 0.335 e. The van der Waals surface area contributed by atoms with Gasteiger partial charge >= 0.3 is 5.97 Å². The van der Waals surface area contributed by atoms with Crippen molar-refractivity contribution in [2.45, 2.75) is 0 Å². The van der Waals surface area contributed by atoms with Gasteiger partial charge in [-0.05, 0) is 24.3 Å². The quantitative estimate of drug-likeness (QED) is 0.482. The van der Waals surface area contributed by atoms with E-state index in [-0.39, 0.29) is 5.56 Å². The number of aromatic carboxylic acids is 1. The minimum absolute atomic E-state index is 0.220. The van der Waals surface area contributed by atoms with E-state index in [9.17, 15) is 4.79 Å². The highest BCUT2D eigenvalue weighted by atomic mass is 16.4. The number of benzene rings is 1. The molecule has 1 aromatic heterocycles. The second-order valence-corrected chi connectivity index (χ2v) is 3.33. The summed E-state index contributed by atoms with van der Waals surface area (Å²) in [6.07, 6.45) is 1.18. The third-order valence-electron chi connectivity index (χ3n) is 2.23. The van der Waals surface area contributed by atoms with E-state index < -0.39 is 5.97 Å². The maximum absolute atomic E-state index is 10.7. The number of hydrogen-bond acceptors (Lipinski definition) is 4. The van der Waals surface area contributed by atoms with E-state index in [2.05, 4.69) is 5.16 Å². The van der Waals surface area contributed by atoms with Crippen LogP contribution in [0, 0.1) is 0 Å². The number of hydrogen-bond donors (Lipinski definition) is 2. The molecule has 1 aromatic carbocycles. The molecule has 0 spiro atoms. The number of furan rings is 1. The van der Waals surface area contributed by atoms with Crippen molar-refractivity contribution in [3.8, 4) is 11.3 Å². The number of rotatable bonds is 3. The van der Waals surface area contributed by atoms with Crippen molar-refractivity contribution in [3.63, 3.8) is 0 Å². The summed E-state index contributed by atoms with van der Waals surface area (Å²) in [4.78, 5) is 10.7. The van der Waals surface area contributed by atoms with Crippen molar-refractivity contribution < 1.29 is 19.5 Å². The first-order chi connectivity index (χ1) is 8.20. The third kappa shape index (κ3) is 2.34. The lowest BCUT2D eigenvalue weighted by atomic mass is 10.1. The molecule has 86 valence electrons. The summed E-state index contributed by atoms with van der Waals surface area (Å²) in [6, 6.07) is 9.68. The van der Waals surface area contributed by atoms with Crippen LogP contribution in [0.15, 0.2) is 46.0 Å². The highest BCUT2D eigenvalue weighted by molar-refractivity contribution is 5.88. The first-order valence-electron chi connectivity index (χ1n) is 4.81. The van der Waals surface area contributed by atoms with Crippen LogP contribution in [0.25, 0.3) is 11.3 Å². The maximum Gasteiger partial charge on any atom is 0.335 e. The van der Waals surface area contributed by atoms with Gasteiger partial charge in [0.05, 0.1) is 5.56 Å². The maximum atomic E-state index is 10.7. The Balaban J connectivity index is 2.29. The van der Waals surface area contributed by atoms with Crippen LogP contribution >= 0.6 is 0 Å². The highest BCUT2D eigenvalue weighted by Gasteiger charge is 2.06. The molecule has 0 aliphatic carbocycles. The number of carbonyl (C=O) groups is 1. The predicted octanol–water partition coefficient (Wildman–Crippen LogP) is 2.45. The van der Waals surface area contributed by atoms with Gasteiger partial charge in [0.2, 0.25) is 0 Å². The van der Waals surface area contributed by atoms with Crippen molar-refractivity contribution in [2.75, 3.05) is 0 Å². The molecule has 0 saturated carbocycles. The molecular formula is C12H9NO4. The van der Waals surface area contributed by atoms with E-state index in [0.717, 1.165) is 5.56 Å². The van der Waals surface area contributed by atoms with Crippen LogP contribution in [-0.4, -0.2) is 22.5 Å². The molecule has 0 aliphatic heterocycles. The van der Waals surface area contributed by atoms with E-state index in [0.29, 0.717) is 11.5 Å². The van der Waals surface area contributed by atoms with E-state index in [1.54, 1.807) is 24.3 Å². The molecule has 1 heterocycles. The summed E-state index contributed by atoms with van der Waals surface area (Å²) in [5.74, 6) is 0.0331. The third-order valence-corrected chi connectivity index (χ3v) is 2.23. The van der Waals surface area contributed by atoms with Crippen LogP contribution in [-0.2, 0) is 0 Å². The Hall–Kier alpha value is -2.56. The molecule has 5 heteroatoms. The van der Waals surface area contributed by atoms with Gasteiger partial charge in [0.15, 0.2) is 0 Å². The average molecular weight is 231 g/mol. The summed E-state index contributed by atoms with van der Waals surface area (Å²) in [7, 11) is 0. The van der Waals surface area contributed by atoms with Gasteiger partial charge in [-0.2, -0.15) is 0 Å². The van der Waals surface area contributed by atoms with Gasteiger partial charge in [-0.3, -0.25) is 0 Å². The lowest BCUT2D eigenvalue weighted by molar-refractivity contribution is 0.0697. The average Bonchev–Trinajstić information content (AvgIpc) is 2.78. The number of nitrogens with zero attached hydrogens (tertiary/aromatic N) is 1. The van der Waals surface area contributed by atoms with Crippen molar-refractivity contribution >= 4 is 12.2 Å². The van der Waals surface area contributed by atoms with Crippen LogP contribution in [0.2, 0.25) is 0 Å². The molecule has 5 nitrogen and oxygen atoms in total. The molecule has 17 heavy (non-hydrogen) atoms. The minimum Gasteiger partial charge on any atom is -0.478 e. The fourth-order valence-electron chi connectivity index (χ4n) is 1.41. The van der Waals surface area contributed by atoms with E-state index in [1.807, 2.05) is 0 Å². The standard InChI is InChI=1S/C12H9NO4/c14-12(15)9-3-1-8(2-4-9)11-6-5-10(17-11)7-13-16/h1-7,16H,(H,14,15)/b13-7+. The molecule has 0 aliphatic rings. The lowest BCUT2D eigenvalue weighted by Crippen LogP contribution is -1.94. The first-order valence-corrected chi connectivity index (χ1v) is 4.81. The van der Waals surface area contributed by atoms with Crippen LogP contribution < -0.4 is 0 Å². The molecule has 0 atom stereocenters. The zero-order valence-corrected chi connectivity index (χ0v) is 8.70. The molecule has 2 rings (SSSR count). The zero-order chi connectivity index (χ0) is 12.3. The molecule has 2 aromatic rings. The molecule has 0 fully saturated rings. The molecule has 0 saturated heterocycles. The Labute approximate surface area is 96.6 Å².